The Bertz CT molecular complexity index is 5050. The number of imidazole rings is 1. The third-order valence-corrected chi connectivity index (χ3v) is 25.3. The molecular formula is C95H154N28O24S. The van der Waals surface area contributed by atoms with Crippen molar-refractivity contribution in [2.45, 2.75) is 332 Å². The number of carbonyl (C=O) groups excluding carboxylic acids is 20. The van der Waals surface area contributed by atoms with Crippen LogP contribution in [0.5, 0.6) is 0 Å². The number of nitrogens with zero attached hydrogens (tertiary/aromatic N) is 1. The second kappa shape index (κ2) is 63.4. The molecule has 53 heteroatoms. The van der Waals surface area contributed by atoms with Crippen molar-refractivity contribution in [1.29, 1.82) is 5.41 Å². The van der Waals surface area contributed by atoms with Gasteiger partial charge in [-0.1, -0.05) is 92.9 Å². The van der Waals surface area contributed by atoms with Crippen molar-refractivity contribution >= 4 is 159 Å². The van der Waals surface area contributed by atoms with Gasteiger partial charge in [-0.15, -0.1) is 0 Å². The average molecular weight is 2100 g/mol. The number of guanidine groups is 1. The van der Waals surface area contributed by atoms with Gasteiger partial charge < -0.3 is 151 Å². The first-order valence-corrected chi connectivity index (χ1v) is 51.0. The van der Waals surface area contributed by atoms with Crippen molar-refractivity contribution < 1.29 is 116 Å². The van der Waals surface area contributed by atoms with E-state index in [0.717, 1.165) is 25.7 Å². The molecule has 17 atom stereocenters. The Morgan fingerprint density at radius 1 is 0.466 bits per heavy atom. The molecule has 2 aromatic heterocycles. The van der Waals surface area contributed by atoms with Gasteiger partial charge in [0.15, 0.2) is 5.96 Å². The van der Waals surface area contributed by atoms with Gasteiger partial charge in [-0.3, -0.25) is 111 Å². The highest BCUT2D eigenvalue weighted by atomic mass is 32.2. The van der Waals surface area contributed by atoms with Crippen molar-refractivity contribution in [3.63, 3.8) is 0 Å². The summed E-state index contributed by atoms with van der Waals surface area (Å²) in [6, 6.07) is -18.1. The zero-order chi connectivity index (χ0) is 111. The number of benzene rings is 1. The summed E-state index contributed by atoms with van der Waals surface area (Å²) in [5.74, 6) is -25.4. The summed E-state index contributed by atoms with van der Waals surface area (Å²) < 4.78 is 0. The number of aromatic amines is 2. The molecule has 0 spiro atoms. The Morgan fingerprint density at radius 2 is 0.905 bits per heavy atom. The maximum absolute atomic E-state index is 15.0. The van der Waals surface area contributed by atoms with E-state index in [9.17, 15) is 111 Å². The highest BCUT2D eigenvalue weighted by molar-refractivity contribution is 7.98. The molecule has 36 N–H and O–H groups in total. The number of aliphatic carboxylic acids is 2. The fraction of sp³-hybridized carbons (Fsp3) is 0.642. The number of primary amides is 4. The van der Waals surface area contributed by atoms with Crippen LogP contribution < -0.4 is 131 Å². The number of H-pyrrole nitrogens is 2. The first-order valence-electron chi connectivity index (χ1n) is 49.6. The number of nitrogens with two attached hydrogens (primary N) is 7. The van der Waals surface area contributed by atoms with E-state index in [2.05, 4.69) is 105 Å². The molecule has 0 bridgehead atoms. The van der Waals surface area contributed by atoms with Gasteiger partial charge in [0.05, 0.1) is 25.2 Å². The number of hydrogen-bond acceptors (Lipinski definition) is 27. The summed E-state index contributed by atoms with van der Waals surface area (Å²) in [4.78, 5) is 315. The van der Waals surface area contributed by atoms with Crippen LogP contribution in [0.15, 0.2) is 43.0 Å². The van der Waals surface area contributed by atoms with E-state index in [1.54, 1.807) is 92.1 Å². The van der Waals surface area contributed by atoms with E-state index in [-0.39, 0.29) is 101 Å². The van der Waals surface area contributed by atoms with Gasteiger partial charge in [-0.25, -0.2) is 4.98 Å². The molecule has 0 aliphatic heterocycles. The number of aromatic nitrogens is 3. The Kier molecular flexibility index (Phi) is 54.0. The number of para-hydroxylation sites is 1. The van der Waals surface area contributed by atoms with Gasteiger partial charge in [0.2, 0.25) is 118 Å². The van der Waals surface area contributed by atoms with Crippen LogP contribution in [-0.2, 0) is 118 Å². The Labute approximate surface area is 862 Å². The standard InChI is InChI=1S/C95H154N28O24S/c1-13-50(8)76(122-84(138)61(30-33-72(127)128)120-93(147)95(10,11)123-92(146)75(49(6)7)121-90(144)74(100)52-22-14-15-23-52)91(145)113-60(29-32-70(98)125)82(136)115-64(38-47(2)3)85(139)112-62(34-37-148-12)83(137)118-67(41-54-45-104-46-107-54)88(142)111-59(28-31-69(97)124)81(135)110-57(27-19-21-36-105-94(102)103)79(133)108-51(9)78(132)109-58(26-18-20-35-96)80(134)117-66(40-53-44-106-56-25-17-16-24-55(53)56)87(141)116-65(39-48(4)5)86(140)119-68(42-71(99)126)89(143)114-63(77(101)131)43-73(129)130/h16-17,24-25,44-52,57-68,74-76,106H,13-15,18-23,26-43,96,100H2,1-12H3,(H2,97,124)(H2,98,125)(H2,99,126)(H2,101,131)(H,104,107)(H,108,133)(H,109,132)(H,110,135)(H,111,142)(H,112,139)(H,113,145)(H,114,143)(H,115,136)(H,116,141)(H,117,134)(H,118,137)(H,119,140)(H,120,147)(H,121,144)(H,122,138)(H,123,146)(H,127,128)(H,129,130)(H4,102,103,105)/t50-,51-,57-,58-,59-,60-,61-,62-,63-,64-,65-,66-,67-,68-,74?,75-,76-/m0/s1. The van der Waals surface area contributed by atoms with Crippen LogP contribution in [-0.4, -0.2) is 289 Å². The number of nitrogens with one attached hydrogen (secondary N) is 20. The third kappa shape index (κ3) is 44.7. The van der Waals surface area contributed by atoms with Crippen LogP contribution in [0.4, 0.5) is 0 Å². The summed E-state index contributed by atoms with van der Waals surface area (Å²) in [6.07, 6.45) is 3.40. The summed E-state index contributed by atoms with van der Waals surface area (Å²) in [5, 5.41) is 71.0. The molecular weight excluding hydrogens is 1950 g/mol. The molecule has 0 radical (unpaired) electrons. The molecule has 2 heterocycles. The van der Waals surface area contributed by atoms with Crippen LogP contribution in [0, 0.1) is 35.0 Å². The van der Waals surface area contributed by atoms with E-state index in [4.69, 9.17) is 45.5 Å². The summed E-state index contributed by atoms with van der Waals surface area (Å²) in [5.41, 5.74) is 39.2. The number of rotatable bonds is 70. The number of thioether (sulfide) groups is 1. The SMILES string of the molecule is CC[C@H](C)[C@H](NC(=O)[C@H](CCC(=O)O)NC(=O)C(C)(C)NC(=O)[C@@H](NC(=O)C(N)C1CCCC1)C(C)C)C(=O)N[C@@H](CCC(N)=O)C(=O)N[C@@H](CC(C)C)C(=O)N[C@@H](CCSC)C(=O)N[C@@H](Cc1cnc[nH]1)C(=O)N[C@@H](CCC(N)=O)C(=O)N[C@@H](CCCCNC(=N)N)C(=O)N[C@@H](C)C(=O)N[C@@H](CCCCN)C(=O)N[C@@H](Cc1c[nH]c2ccccc12)C(=O)N[C@@H](CC(C)C)C(=O)N[C@@H](CC(N)=O)C(=O)N[C@@H](CC(=O)O)C(N)=O. The van der Waals surface area contributed by atoms with Crippen molar-refractivity contribution in [2.75, 3.05) is 25.1 Å². The Hall–Kier alpha value is -14.2. The number of fused-ring (bicyclic) bond motifs is 1. The minimum Gasteiger partial charge on any atom is -0.481 e. The molecule has 1 aliphatic carbocycles. The smallest absolute Gasteiger partial charge is 0.305 e. The van der Waals surface area contributed by atoms with Crippen molar-refractivity contribution in [2.24, 2.45) is 69.7 Å². The number of carbonyl (C=O) groups is 22. The molecule has 824 valence electrons. The van der Waals surface area contributed by atoms with Crippen LogP contribution in [0.3, 0.4) is 0 Å². The Morgan fingerprint density at radius 3 is 1.39 bits per heavy atom. The molecule has 1 aromatic carbocycles. The minimum absolute atomic E-state index is 0.0883. The maximum Gasteiger partial charge on any atom is 0.305 e. The highest BCUT2D eigenvalue weighted by Crippen LogP contribution is 2.28. The molecule has 20 amide bonds. The lowest BCUT2D eigenvalue weighted by atomic mass is 9.95. The minimum atomic E-state index is -1.84. The lowest BCUT2D eigenvalue weighted by Gasteiger charge is -2.32. The molecule has 148 heavy (non-hydrogen) atoms. The average Bonchev–Trinajstić information content (AvgIpc) is 1.72. The van der Waals surface area contributed by atoms with Crippen molar-refractivity contribution in [3.8, 4) is 0 Å². The maximum atomic E-state index is 15.0. The molecule has 1 aliphatic rings. The van der Waals surface area contributed by atoms with E-state index < -0.39 is 314 Å². The fourth-order valence-electron chi connectivity index (χ4n) is 16.1. The Balaban J connectivity index is 1.66. The normalized spacial score (nSPS) is 15.5. The van der Waals surface area contributed by atoms with E-state index in [1.807, 2.05) is 0 Å². The van der Waals surface area contributed by atoms with Gasteiger partial charge in [0.1, 0.15) is 96.2 Å². The lowest BCUT2D eigenvalue weighted by Crippen LogP contribution is -2.64. The van der Waals surface area contributed by atoms with Crippen LogP contribution in [0.2, 0.25) is 0 Å². The third-order valence-electron chi connectivity index (χ3n) is 24.7. The summed E-state index contributed by atoms with van der Waals surface area (Å²) >= 11 is 1.25. The van der Waals surface area contributed by atoms with Crippen molar-refractivity contribution in [1.82, 2.24) is 105 Å². The second-order valence-electron chi connectivity index (χ2n) is 38.8. The molecule has 52 nitrogen and oxygen atoms in total. The molecule has 0 saturated heterocycles. The topological polar surface area (TPSA) is 871 Å². The number of carboxylic acids is 2. The van der Waals surface area contributed by atoms with Crippen LogP contribution in [0.25, 0.3) is 10.9 Å². The summed E-state index contributed by atoms with van der Waals surface area (Å²) in [6.45, 7) is 17.4. The number of amides is 20. The van der Waals surface area contributed by atoms with Gasteiger partial charge in [0, 0.05) is 67.6 Å². The predicted octanol–water partition coefficient (Wildman–Crippen LogP) is -5.06. The number of hydrogen-bond donors (Lipinski definition) is 29. The van der Waals surface area contributed by atoms with Crippen LogP contribution in [0.1, 0.15) is 229 Å². The molecule has 3 aromatic rings. The first kappa shape index (κ1) is 126. The summed E-state index contributed by atoms with van der Waals surface area (Å²) in [7, 11) is 0. The largest absolute Gasteiger partial charge is 0.481 e. The van der Waals surface area contributed by atoms with E-state index in [1.165, 1.54) is 45.1 Å². The molecule has 1 unspecified atom stereocenters. The quantitative estimate of drug-likeness (QED) is 0.0143. The second-order valence-corrected chi connectivity index (χ2v) is 39.8. The lowest BCUT2D eigenvalue weighted by molar-refractivity contribution is -0.141. The van der Waals surface area contributed by atoms with E-state index in [0.29, 0.717) is 22.9 Å². The van der Waals surface area contributed by atoms with Gasteiger partial charge in [-0.05, 0) is 170 Å². The van der Waals surface area contributed by atoms with E-state index >= 15 is 4.79 Å². The zero-order valence-corrected chi connectivity index (χ0v) is 86.8. The highest BCUT2D eigenvalue weighted by Gasteiger charge is 2.43. The molecule has 4 rings (SSSR count). The number of carboxylic acid groups (broad SMARTS) is 2. The number of unbranched alkanes of at least 4 members (excludes halogenated alkanes) is 2. The van der Waals surface area contributed by atoms with Gasteiger partial charge in [0.25, 0.3) is 0 Å². The fourth-order valence-corrected chi connectivity index (χ4v) is 16.6. The van der Waals surface area contributed by atoms with Crippen molar-refractivity contribution in [3.05, 3.63) is 54.2 Å². The van der Waals surface area contributed by atoms with Gasteiger partial charge >= 0.3 is 11.9 Å². The molecule has 1 saturated carbocycles. The zero-order valence-electron chi connectivity index (χ0n) is 86.0. The monoisotopic (exact) mass is 2100 g/mol. The molecule has 1 fully saturated rings. The predicted molar refractivity (Wildman–Crippen MR) is 543 cm³/mol. The van der Waals surface area contributed by atoms with Crippen LogP contribution >= 0.6 is 11.8 Å². The first-order chi connectivity index (χ1) is 69.6. The van der Waals surface area contributed by atoms with Gasteiger partial charge in [-0.2, -0.15) is 11.8 Å².